The number of rotatable bonds is 5. The minimum absolute atomic E-state index is 0.0475. The molecule has 0 aliphatic rings. The zero-order valence-corrected chi connectivity index (χ0v) is 13.1. The van der Waals surface area contributed by atoms with Gasteiger partial charge >= 0.3 is 5.97 Å². The molecule has 110 valence electrons. The molecule has 2 aromatic rings. The van der Waals surface area contributed by atoms with Crippen molar-refractivity contribution in [3.05, 3.63) is 52.3 Å². The number of aromatic carboxylic acids is 1. The number of carbonyl (C=O) groups is 2. The number of carboxylic acid groups (broad SMARTS) is 1. The number of anilines is 1. The first-order valence-electron chi connectivity index (χ1n) is 6.52. The third kappa shape index (κ3) is 3.52. The minimum atomic E-state index is -1.09. The predicted octanol–water partition coefficient (Wildman–Crippen LogP) is 3.61. The van der Waals surface area contributed by atoms with E-state index in [2.05, 4.69) is 21.2 Å². The molecule has 1 heterocycles. The number of hydrogen-bond acceptors (Lipinski definition) is 2. The fourth-order valence-corrected chi connectivity index (χ4v) is 2.41. The van der Waals surface area contributed by atoms with Crippen LogP contribution in [0.2, 0.25) is 0 Å². The highest BCUT2D eigenvalue weighted by molar-refractivity contribution is 9.10. The molecule has 1 aromatic carbocycles. The summed E-state index contributed by atoms with van der Waals surface area (Å²) in [5.41, 5.74) is 0.836. The molecule has 0 spiro atoms. The largest absolute Gasteiger partial charge is 0.478 e. The van der Waals surface area contributed by atoms with Crippen molar-refractivity contribution in [3.63, 3.8) is 0 Å². The lowest BCUT2D eigenvalue weighted by atomic mass is 10.1. The molecule has 0 aliphatic carbocycles. The molecule has 0 fully saturated rings. The van der Waals surface area contributed by atoms with Gasteiger partial charge in [-0.3, -0.25) is 4.79 Å². The smallest absolute Gasteiger partial charge is 0.337 e. The van der Waals surface area contributed by atoms with Gasteiger partial charge in [-0.05, 0) is 36.8 Å². The number of carboxylic acids is 1. The molecular formula is C15H15BrN2O3. The third-order valence-corrected chi connectivity index (χ3v) is 3.48. The molecule has 0 atom stereocenters. The summed E-state index contributed by atoms with van der Waals surface area (Å²) < 4.78 is 2.49. The molecule has 0 saturated heterocycles. The average molecular weight is 351 g/mol. The van der Waals surface area contributed by atoms with Crippen LogP contribution < -0.4 is 5.32 Å². The summed E-state index contributed by atoms with van der Waals surface area (Å²) in [6.45, 7) is 2.76. The zero-order chi connectivity index (χ0) is 15.4. The number of aryl methyl sites for hydroxylation is 1. The second-order valence-corrected chi connectivity index (χ2v) is 5.45. The summed E-state index contributed by atoms with van der Waals surface area (Å²) in [6, 6.07) is 8.23. The number of hydrogen-bond donors (Lipinski definition) is 2. The Labute approximate surface area is 130 Å². The van der Waals surface area contributed by atoms with Gasteiger partial charge in [0, 0.05) is 17.2 Å². The average Bonchev–Trinajstić information content (AvgIpc) is 2.89. The minimum Gasteiger partial charge on any atom is -0.478 e. The Kier molecular flexibility index (Phi) is 4.80. The number of amides is 1. The second kappa shape index (κ2) is 6.58. The summed E-state index contributed by atoms with van der Waals surface area (Å²) in [5.74, 6) is -1.41. The van der Waals surface area contributed by atoms with Gasteiger partial charge in [0.25, 0.3) is 5.91 Å². The Balaban J connectivity index is 2.27. The SMILES string of the molecule is CCCn1cccc1C(=O)Nc1ccc(Br)cc1C(=O)O. The molecule has 0 saturated carbocycles. The monoisotopic (exact) mass is 350 g/mol. The van der Waals surface area contributed by atoms with Crippen molar-refractivity contribution in [3.8, 4) is 0 Å². The second-order valence-electron chi connectivity index (χ2n) is 4.54. The number of aromatic nitrogens is 1. The van der Waals surface area contributed by atoms with Crippen molar-refractivity contribution in [2.24, 2.45) is 0 Å². The molecule has 0 aliphatic heterocycles. The van der Waals surface area contributed by atoms with Crippen LogP contribution in [0.25, 0.3) is 0 Å². The van der Waals surface area contributed by atoms with E-state index in [1.54, 1.807) is 24.3 Å². The van der Waals surface area contributed by atoms with Crippen LogP contribution in [0, 0.1) is 0 Å². The van der Waals surface area contributed by atoms with Gasteiger partial charge in [-0.1, -0.05) is 22.9 Å². The summed E-state index contributed by atoms with van der Waals surface area (Å²) >= 11 is 3.22. The van der Waals surface area contributed by atoms with E-state index in [-0.39, 0.29) is 17.2 Å². The van der Waals surface area contributed by atoms with Crippen LogP contribution in [-0.4, -0.2) is 21.6 Å². The number of nitrogens with one attached hydrogen (secondary N) is 1. The summed E-state index contributed by atoms with van der Waals surface area (Å²) in [5, 5.41) is 11.9. The Bertz CT molecular complexity index is 679. The van der Waals surface area contributed by atoms with Gasteiger partial charge in [-0.2, -0.15) is 0 Å². The van der Waals surface area contributed by atoms with E-state index < -0.39 is 5.97 Å². The summed E-state index contributed by atoms with van der Waals surface area (Å²) in [7, 11) is 0. The molecular weight excluding hydrogens is 336 g/mol. The Hall–Kier alpha value is -2.08. The molecule has 0 bridgehead atoms. The van der Waals surface area contributed by atoms with E-state index in [0.29, 0.717) is 10.2 Å². The highest BCUT2D eigenvalue weighted by Gasteiger charge is 2.16. The van der Waals surface area contributed by atoms with Crippen molar-refractivity contribution in [1.29, 1.82) is 0 Å². The van der Waals surface area contributed by atoms with Gasteiger partial charge in [-0.25, -0.2) is 4.79 Å². The van der Waals surface area contributed by atoms with Gasteiger partial charge in [0.05, 0.1) is 11.3 Å². The standard InChI is InChI=1S/C15H15BrN2O3/c1-2-7-18-8-3-4-13(18)14(19)17-12-6-5-10(16)9-11(12)15(20)21/h3-6,8-9H,2,7H2,1H3,(H,17,19)(H,20,21). The van der Waals surface area contributed by atoms with Crippen LogP contribution in [-0.2, 0) is 6.54 Å². The quantitative estimate of drug-likeness (QED) is 0.865. The predicted molar refractivity (Wildman–Crippen MR) is 83.8 cm³/mol. The van der Waals surface area contributed by atoms with Crippen LogP contribution in [0.4, 0.5) is 5.69 Å². The Morgan fingerprint density at radius 3 is 2.76 bits per heavy atom. The van der Waals surface area contributed by atoms with Crippen LogP contribution >= 0.6 is 15.9 Å². The van der Waals surface area contributed by atoms with Gasteiger partial charge in [0.1, 0.15) is 5.69 Å². The molecule has 2 rings (SSSR count). The highest BCUT2D eigenvalue weighted by atomic mass is 79.9. The molecule has 1 amide bonds. The topological polar surface area (TPSA) is 71.3 Å². The lowest BCUT2D eigenvalue weighted by Gasteiger charge is -2.11. The number of benzene rings is 1. The summed E-state index contributed by atoms with van der Waals surface area (Å²) in [4.78, 5) is 23.5. The van der Waals surface area contributed by atoms with E-state index in [4.69, 9.17) is 0 Å². The van der Waals surface area contributed by atoms with E-state index in [1.807, 2.05) is 17.7 Å². The van der Waals surface area contributed by atoms with Gasteiger partial charge in [-0.15, -0.1) is 0 Å². The van der Waals surface area contributed by atoms with E-state index in [0.717, 1.165) is 13.0 Å². The molecule has 2 N–H and O–H groups in total. The van der Waals surface area contributed by atoms with Gasteiger partial charge in [0.2, 0.25) is 0 Å². The van der Waals surface area contributed by atoms with Crippen molar-refractivity contribution < 1.29 is 14.7 Å². The fraction of sp³-hybridized carbons (Fsp3) is 0.200. The van der Waals surface area contributed by atoms with Crippen molar-refractivity contribution in [2.75, 3.05) is 5.32 Å². The Morgan fingerprint density at radius 2 is 2.10 bits per heavy atom. The maximum Gasteiger partial charge on any atom is 0.337 e. The molecule has 1 aromatic heterocycles. The van der Waals surface area contributed by atoms with Gasteiger partial charge < -0.3 is 15.0 Å². The molecule has 21 heavy (non-hydrogen) atoms. The van der Waals surface area contributed by atoms with Crippen LogP contribution in [0.15, 0.2) is 41.0 Å². The first-order valence-corrected chi connectivity index (χ1v) is 7.31. The highest BCUT2D eigenvalue weighted by Crippen LogP contribution is 2.22. The van der Waals surface area contributed by atoms with Crippen molar-refractivity contribution in [1.82, 2.24) is 4.57 Å². The van der Waals surface area contributed by atoms with Crippen LogP contribution in [0.3, 0.4) is 0 Å². The number of halogens is 1. The van der Waals surface area contributed by atoms with Crippen LogP contribution in [0.5, 0.6) is 0 Å². The van der Waals surface area contributed by atoms with Crippen molar-refractivity contribution in [2.45, 2.75) is 19.9 Å². The molecule has 5 nitrogen and oxygen atoms in total. The summed E-state index contributed by atoms with van der Waals surface area (Å²) in [6.07, 6.45) is 2.74. The fourth-order valence-electron chi connectivity index (χ4n) is 2.04. The maximum atomic E-state index is 12.3. The van der Waals surface area contributed by atoms with E-state index >= 15 is 0 Å². The number of carbonyl (C=O) groups excluding carboxylic acids is 1. The normalized spacial score (nSPS) is 10.4. The maximum absolute atomic E-state index is 12.3. The lowest BCUT2D eigenvalue weighted by Crippen LogP contribution is -2.18. The van der Waals surface area contributed by atoms with Crippen molar-refractivity contribution >= 4 is 33.5 Å². The lowest BCUT2D eigenvalue weighted by molar-refractivity contribution is 0.0698. The number of nitrogens with zero attached hydrogens (tertiary/aromatic N) is 1. The molecule has 0 unspecified atom stereocenters. The first-order chi connectivity index (χ1) is 10.0. The third-order valence-electron chi connectivity index (χ3n) is 2.99. The van der Waals surface area contributed by atoms with Crippen LogP contribution in [0.1, 0.15) is 34.2 Å². The van der Waals surface area contributed by atoms with E-state index in [9.17, 15) is 14.7 Å². The molecule has 6 heteroatoms. The molecule has 0 radical (unpaired) electrons. The first kappa shape index (κ1) is 15.3. The zero-order valence-electron chi connectivity index (χ0n) is 11.5. The Morgan fingerprint density at radius 1 is 1.33 bits per heavy atom. The van der Waals surface area contributed by atoms with Gasteiger partial charge in [0.15, 0.2) is 0 Å². The van der Waals surface area contributed by atoms with E-state index in [1.165, 1.54) is 6.07 Å².